The van der Waals surface area contributed by atoms with Gasteiger partial charge in [-0.2, -0.15) is 4.80 Å². The summed E-state index contributed by atoms with van der Waals surface area (Å²) in [5, 5.41) is 14.0. The topological polar surface area (TPSA) is 81.7 Å². The third-order valence-electron chi connectivity index (χ3n) is 2.13. The molecular formula is C8H11IN6S. The number of nitrogens with one attached hydrogen (secondary N) is 1. The number of aryl methyl sites for hydroxylation is 1. The van der Waals surface area contributed by atoms with E-state index in [0.29, 0.717) is 12.2 Å². The molecule has 3 N–H and O–H groups in total. The lowest BCUT2D eigenvalue weighted by Gasteiger charge is -2.11. The Labute approximate surface area is 110 Å². The molecule has 6 nitrogen and oxygen atoms in total. The van der Waals surface area contributed by atoms with Crippen molar-refractivity contribution in [3.63, 3.8) is 0 Å². The number of halogens is 1. The number of hydrogen-bond donors (Lipinski definition) is 2. The van der Waals surface area contributed by atoms with Crippen LogP contribution >= 0.6 is 33.9 Å². The second-order valence-electron chi connectivity index (χ2n) is 3.30. The SMILES string of the molecule is Cn1nnc(CC(NN)c2csc(I)c2)n1. The fourth-order valence-corrected chi connectivity index (χ4v) is 2.79. The van der Waals surface area contributed by atoms with Crippen LogP contribution in [-0.2, 0) is 13.5 Å². The summed E-state index contributed by atoms with van der Waals surface area (Å²) in [5.74, 6) is 6.22. The van der Waals surface area contributed by atoms with Crippen molar-refractivity contribution in [2.75, 3.05) is 0 Å². The van der Waals surface area contributed by atoms with Gasteiger partial charge in [0.05, 0.1) is 16.0 Å². The lowest BCUT2D eigenvalue weighted by atomic mass is 10.1. The van der Waals surface area contributed by atoms with Crippen molar-refractivity contribution in [3.05, 3.63) is 25.7 Å². The minimum absolute atomic E-state index is 0.0314. The van der Waals surface area contributed by atoms with E-state index in [1.165, 1.54) is 7.68 Å². The van der Waals surface area contributed by atoms with E-state index < -0.39 is 0 Å². The molecule has 0 aliphatic rings. The summed E-state index contributed by atoms with van der Waals surface area (Å²) in [6.07, 6.45) is 0.636. The Morgan fingerprint density at radius 3 is 3.00 bits per heavy atom. The van der Waals surface area contributed by atoms with Gasteiger partial charge in [-0.3, -0.25) is 11.3 Å². The maximum absolute atomic E-state index is 5.54. The molecule has 0 aromatic carbocycles. The number of rotatable bonds is 4. The minimum Gasteiger partial charge on any atom is -0.271 e. The molecular weight excluding hydrogens is 339 g/mol. The molecule has 86 valence electrons. The van der Waals surface area contributed by atoms with Crippen LogP contribution in [0.15, 0.2) is 11.4 Å². The molecule has 0 bridgehead atoms. The highest BCUT2D eigenvalue weighted by molar-refractivity contribution is 14.1. The summed E-state index contributed by atoms with van der Waals surface area (Å²) in [4.78, 5) is 1.44. The lowest BCUT2D eigenvalue weighted by molar-refractivity contribution is 0.537. The van der Waals surface area contributed by atoms with Crippen LogP contribution in [0.2, 0.25) is 0 Å². The van der Waals surface area contributed by atoms with Crippen LogP contribution < -0.4 is 11.3 Å². The van der Waals surface area contributed by atoms with Crippen molar-refractivity contribution < 1.29 is 0 Å². The standard InChI is InChI=1S/C8H11IN6S/c1-15-13-8(12-14-15)3-6(11-10)5-2-7(9)16-4-5/h2,4,6,11H,3,10H2,1H3. The minimum atomic E-state index is 0.0314. The maximum Gasteiger partial charge on any atom is 0.176 e. The van der Waals surface area contributed by atoms with Gasteiger partial charge in [-0.15, -0.1) is 21.5 Å². The molecule has 8 heteroatoms. The van der Waals surface area contributed by atoms with Crippen molar-refractivity contribution in [1.29, 1.82) is 0 Å². The van der Waals surface area contributed by atoms with Gasteiger partial charge in [-0.05, 0) is 44.8 Å². The Balaban J connectivity index is 2.12. The van der Waals surface area contributed by atoms with Crippen molar-refractivity contribution in [2.24, 2.45) is 12.9 Å². The van der Waals surface area contributed by atoms with E-state index in [0.717, 1.165) is 5.56 Å². The number of nitrogens with two attached hydrogens (primary N) is 1. The molecule has 0 amide bonds. The summed E-state index contributed by atoms with van der Waals surface area (Å²) >= 11 is 3.98. The fraction of sp³-hybridized carbons (Fsp3) is 0.375. The lowest BCUT2D eigenvalue weighted by Crippen LogP contribution is -2.29. The number of aromatic nitrogens is 4. The molecule has 0 aliphatic heterocycles. The van der Waals surface area contributed by atoms with Crippen molar-refractivity contribution in [3.8, 4) is 0 Å². The van der Waals surface area contributed by atoms with Crippen LogP contribution in [0.3, 0.4) is 0 Å². The molecule has 0 saturated carbocycles. The molecule has 1 atom stereocenters. The quantitative estimate of drug-likeness (QED) is 0.480. The molecule has 0 aliphatic carbocycles. The molecule has 0 spiro atoms. The van der Waals surface area contributed by atoms with Crippen LogP contribution in [0.1, 0.15) is 17.4 Å². The van der Waals surface area contributed by atoms with E-state index in [-0.39, 0.29) is 6.04 Å². The highest BCUT2D eigenvalue weighted by atomic mass is 127. The zero-order valence-electron chi connectivity index (χ0n) is 8.59. The highest BCUT2D eigenvalue weighted by Crippen LogP contribution is 2.23. The summed E-state index contributed by atoms with van der Waals surface area (Å²) in [6.45, 7) is 0. The number of tetrazole rings is 1. The second kappa shape index (κ2) is 5.17. The van der Waals surface area contributed by atoms with Crippen LogP contribution in [0.25, 0.3) is 0 Å². The van der Waals surface area contributed by atoms with Crippen molar-refractivity contribution in [1.82, 2.24) is 25.6 Å². The third-order valence-corrected chi connectivity index (χ3v) is 3.93. The van der Waals surface area contributed by atoms with Crippen LogP contribution in [0, 0.1) is 2.88 Å². The first kappa shape index (κ1) is 11.9. The molecule has 0 fully saturated rings. The number of hydrazine groups is 1. The average Bonchev–Trinajstić information content (AvgIpc) is 2.84. The molecule has 2 heterocycles. The molecule has 2 rings (SSSR count). The normalized spacial score (nSPS) is 12.9. The van der Waals surface area contributed by atoms with E-state index in [1.54, 1.807) is 18.4 Å². The molecule has 16 heavy (non-hydrogen) atoms. The van der Waals surface area contributed by atoms with E-state index in [4.69, 9.17) is 5.84 Å². The smallest absolute Gasteiger partial charge is 0.176 e. The van der Waals surface area contributed by atoms with Gasteiger partial charge in [0, 0.05) is 6.42 Å². The van der Waals surface area contributed by atoms with Gasteiger partial charge >= 0.3 is 0 Å². The summed E-state index contributed by atoms with van der Waals surface area (Å²) in [7, 11) is 1.74. The van der Waals surface area contributed by atoms with Crippen LogP contribution in [0.5, 0.6) is 0 Å². The number of hydrogen-bond acceptors (Lipinski definition) is 6. The van der Waals surface area contributed by atoms with Gasteiger partial charge in [0.15, 0.2) is 5.82 Å². The van der Waals surface area contributed by atoms with E-state index >= 15 is 0 Å². The summed E-state index contributed by atoms with van der Waals surface area (Å²) < 4.78 is 1.24. The molecule has 0 radical (unpaired) electrons. The highest BCUT2D eigenvalue weighted by Gasteiger charge is 2.15. The zero-order valence-corrected chi connectivity index (χ0v) is 11.6. The Bertz CT molecular complexity index is 467. The Morgan fingerprint density at radius 2 is 2.50 bits per heavy atom. The van der Waals surface area contributed by atoms with Gasteiger partial charge < -0.3 is 0 Å². The van der Waals surface area contributed by atoms with Gasteiger partial charge in [0.25, 0.3) is 0 Å². The first-order chi connectivity index (χ1) is 7.69. The molecule has 2 aromatic rings. The van der Waals surface area contributed by atoms with E-state index in [2.05, 4.69) is 54.9 Å². The van der Waals surface area contributed by atoms with E-state index in [9.17, 15) is 0 Å². The number of thiophene rings is 1. The average molecular weight is 350 g/mol. The first-order valence-electron chi connectivity index (χ1n) is 4.62. The zero-order chi connectivity index (χ0) is 11.5. The largest absolute Gasteiger partial charge is 0.271 e. The van der Waals surface area contributed by atoms with Gasteiger partial charge in [-0.25, -0.2) is 0 Å². The maximum atomic E-state index is 5.54. The molecule has 0 saturated heterocycles. The first-order valence-corrected chi connectivity index (χ1v) is 6.58. The van der Waals surface area contributed by atoms with Gasteiger partial charge in [-0.1, -0.05) is 0 Å². The number of nitrogens with zero attached hydrogens (tertiary/aromatic N) is 4. The monoisotopic (exact) mass is 350 g/mol. The summed E-state index contributed by atoms with van der Waals surface area (Å²) in [5.41, 5.74) is 3.93. The Hall–Kier alpha value is -0.580. The second-order valence-corrected chi connectivity index (χ2v) is 6.11. The van der Waals surface area contributed by atoms with Gasteiger partial charge in [0.2, 0.25) is 0 Å². The van der Waals surface area contributed by atoms with Gasteiger partial charge in [0.1, 0.15) is 0 Å². The van der Waals surface area contributed by atoms with Crippen LogP contribution in [-0.4, -0.2) is 20.2 Å². The Kier molecular flexibility index (Phi) is 3.84. The predicted octanol–water partition coefficient (Wildman–Crippen LogP) is 0.623. The molecule has 1 unspecified atom stereocenters. The predicted molar refractivity (Wildman–Crippen MR) is 69.6 cm³/mol. The Morgan fingerprint density at radius 1 is 1.69 bits per heavy atom. The molecule has 2 aromatic heterocycles. The van der Waals surface area contributed by atoms with Crippen LogP contribution in [0.4, 0.5) is 0 Å². The third kappa shape index (κ3) is 2.75. The van der Waals surface area contributed by atoms with E-state index in [1.807, 2.05) is 0 Å². The van der Waals surface area contributed by atoms with Crippen molar-refractivity contribution >= 4 is 33.9 Å². The fourth-order valence-electron chi connectivity index (χ4n) is 1.37. The van der Waals surface area contributed by atoms with Crippen molar-refractivity contribution in [2.45, 2.75) is 12.5 Å². The summed E-state index contributed by atoms with van der Waals surface area (Å²) in [6, 6.07) is 2.13.